The third-order valence-electron chi connectivity index (χ3n) is 6.76. The first-order valence-corrected chi connectivity index (χ1v) is 12.0. The molecule has 0 bridgehead atoms. The summed E-state index contributed by atoms with van der Waals surface area (Å²) in [5, 5.41) is 11.3. The lowest BCUT2D eigenvalue weighted by atomic mass is 9.89. The Morgan fingerprint density at radius 2 is 1.69 bits per heavy atom. The largest absolute Gasteiger partial charge is 0.381 e. The number of hydrogen-bond donors (Lipinski definition) is 1. The van der Waals surface area contributed by atoms with Gasteiger partial charge in [-0.05, 0) is 57.5 Å². The van der Waals surface area contributed by atoms with Gasteiger partial charge < -0.3 is 19.6 Å². The van der Waals surface area contributed by atoms with Crippen molar-refractivity contribution in [1.29, 1.82) is 0 Å². The number of ether oxygens (including phenoxy) is 1. The van der Waals surface area contributed by atoms with Crippen LogP contribution in [0.5, 0.6) is 0 Å². The molecular formula is C23H31Cl2N3O4. The highest BCUT2D eigenvalue weighted by Crippen LogP contribution is 2.31. The Labute approximate surface area is 199 Å². The molecule has 0 spiro atoms. The van der Waals surface area contributed by atoms with E-state index < -0.39 is 5.60 Å². The second kappa shape index (κ2) is 9.47. The predicted molar refractivity (Wildman–Crippen MR) is 123 cm³/mol. The molecule has 0 radical (unpaired) electrons. The number of benzene rings is 1. The summed E-state index contributed by atoms with van der Waals surface area (Å²) in [5.74, 6) is -0.324. The highest BCUT2D eigenvalue weighted by molar-refractivity contribution is 6.42. The molecular weight excluding hydrogens is 453 g/mol. The lowest BCUT2D eigenvalue weighted by Crippen LogP contribution is -2.73. The first-order chi connectivity index (χ1) is 15.2. The maximum Gasteiger partial charge on any atom is 0.254 e. The smallest absolute Gasteiger partial charge is 0.254 e. The van der Waals surface area contributed by atoms with E-state index in [2.05, 4.69) is 4.90 Å². The number of nitrogens with zero attached hydrogens (tertiary/aromatic N) is 3. The van der Waals surface area contributed by atoms with Crippen LogP contribution < -0.4 is 0 Å². The van der Waals surface area contributed by atoms with Gasteiger partial charge in [-0.1, -0.05) is 29.3 Å². The Hall–Kier alpha value is -1.38. The number of rotatable bonds is 4. The van der Waals surface area contributed by atoms with E-state index in [0.29, 0.717) is 36.3 Å². The van der Waals surface area contributed by atoms with Crippen molar-refractivity contribution in [2.24, 2.45) is 0 Å². The Morgan fingerprint density at radius 1 is 1.03 bits per heavy atom. The van der Waals surface area contributed by atoms with Crippen LogP contribution in [0.3, 0.4) is 0 Å². The van der Waals surface area contributed by atoms with Crippen LogP contribution in [0.25, 0.3) is 0 Å². The monoisotopic (exact) mass is 483 g/mol. The summed E-state index contributed by atoms with van der Waals surface area (Å²) in [6.07, 6.45) is 2.46. The minimum atomic E-state index is -1.47. The van der Waals surface area contributed by atoms with E-state index in [1.807, 2.05) is 11.0 Å². The van der Waals surface area contributed by atoms with Crippen LogP contribution in [-0.4, -0.2) is 94.7 Å². The molecule has 9 heteroatoms. The van der Waals surface area contributed by atoms with Gasteiger partial charge in [0, 0.05) is 13.1 Å². The first-order valence-electron chi connectivity index (χ1n) is 11.3. The number of likely N-dealkylation sites (tertiary alicyclic amines) is 1. The van der Waals surface area contributed by atoms with Crippen LogP contribution in [0.1, 0.15) is 32.3 Å². The van der Waals surface area contributed by atoms with Gasteiger partial charge in [0.25, 0.3) is 5.91 Å². The molecule has 1 aromatic rings. The second-order valence-corrected chi connectivity index (χ2v) is 10.3. The van der Waals surface area contributed by atoms with Crippen molar-refractivity contribution in [2.45, 2.75) is 56.8 Å². The standard InChI is InChI=1S/C23H31Cl2N3O4/c1-23(2,31)22(30)27-9-10-28(20(29)12-15-5-6-16(24)17(25)11-15)21-18(13-32-14-19(21)27)26-7-3-4-8-26/h5-6,11,18-19,21,31H,3-4,7-10,12-14H2,1-2H3/t18-,19+,21+/m1/s1. The number of amides is 2. The van der Waals surface area contributed by atoms with Crippen LogP contribution in [-0.2, 0) is 20.7 Å². The van der Waals surface area contributed by atoms with Gasteiger partial charge in [0.1, 0.15) is 5.60 Å². The molecule has 0 aromatic heterocycles. The number of carbonyl (C=O) groups is 2. The summed E-state index contributed by atoms with van der Waals surface area (Å²) >= 11 is 12.2. The predicted octanol–water partition coefficient (Wildman–Crippen LogP) is 2.21. The Kier molecular flexibility index (Phi) is 7.03. The molecule has 3 aliphatic rings. The molecule has 3 aliphatic heterocycles. The van der Waals surface area contributed by atoms with E-state index in [0.717, 1.165) is 31.5 Å². The molecule has 3 atom stereocenters. The molecule has 32 heavy (non-hydrogen) atoms. The number of hydrogen-bond acceptors (Lipinski definition) is 5. The second-order valence-electron chi connectivity index (χ2n) is 9.48. The van der Waals surface area contributed by atoms with Gasteiger partial charge in [0.15, 0.2) is 0 Å². The van der Waals surface area contributed by atoms with Gasteiger partial charge in [-0.2, -0.15) is 0 Å². The minimum absolute atomic E-state index is 0.000145. The summed E-state index contributed by atoms with van der Waals surface area (Å²) in [4.78, 5) is 32.5. The van der Waals surface area contributed by atoms with Gasteiger partial charge in [0.2, 0.25) is 5.91 Å². The first kappa shape index (κ1) is 23.8. The third kappa shape index (κ3) is 4.77. The lowest BCUT2D eigenvalue weighted by Gasteiger charge is -2.54. The van der Waals surface area contributed by atoms with Crippen molar-refractivity contribution >= 4 is 35.0 Å². The topological polar surface area (TPSA) is 73.3 Å². The van der Waals surface area contributed by atoms with Gasteiger partial charge in [-0.15, -0.1) is 0 Å². The Morgan fingerprint density at radius 3 is 2.34 bits per heavy atom. The van der Waals surface area contributed by atoms with Gasteiger partial charge in [-0.25, -0.2) is 0 Å². The summed E-state index contributed by atoms with van der Waals surface area (Å²) in [6.45, 7) is 6.62. The fourth-order valence-corrected chi connectivity index (χ4v) is 5.52. The zero-order valence-corrected chi connectivity index (χ0v) is 20.1. The van der Waals surface area contributed by atoms with E-state index >= 15 is 0 Å². The maximum atomic E-state index is 13.5. The van der Waals surface area contributed by atoms with Crippen LogP contribution >= 0.6 is 23.2 Å². The van der Waals surface area contributed by atoms with Crippen molar-refractivity contribution in [3.63, 3.8) is 0 Å². The average molecular weight is 484 g/mol. The summed E-state index contributed by atoms with van der Waals surface area (Å²) in [5.41, 5.74) is -0.669. The van der Waals surface area contributed by atoms with E-state index in [-0.39, 0.29) is 36.4 Å². The normalized spacial score (nSPS) is 26.8. The summed E-state index contributed by atoms with van der Waals surface area (Å²) in [6, 6.07) is 4.80. The van der Waals surface area contributed by atoms with E-state index in [9.17, 15) is 14.7 Å². The Balaban J connectivity index is 1.61. The highest BCUT2D eigenvalue weighted by Gasteiger charge is 2.50. The van der Waals surface area contributed by atoms with Crippen molar-refractivity contribution in [2.75, 3.05) is 39.4 Å². The van der Waals surface area contributed by atoms with E-state index in [1.165, 1.54) is 13.8 Å². The van der Waals surface area contributed by atoms with E-state index in [1.54, 1.807) is 17.0 Å². The SMILES string of the molecule is CC(C)(O)C(=O)N1CCN(C(=O)Cc2ccc(Cl)c(Cl)c2)[C@H]2[C@H](N3CCCC3)COC[C@@H]21. The van der Waals surface area contributed by atoms with Gasteiger partial charge >= 0.3 is 0 Å². The zero-order valence-electron chi connectivity index (χ0n) is 18.6. The number of halogens is 2. The molecule has 2 amide bonds. The summed E-state index contributed by atoms with van der Waals surface area (Å²) < 4.78 is 5.95. The molecule has 1 N–H and O–H groups in total. The molecule has 0 aliphatic carbocycles. The molecule has 0 saturated carbocycles. The lowest BCUT2D eigenvalue weighted by molar-refractivity contribution is -0.172. The minimum Gasteiger partial charge on any atom is -0.381 e. The van der Waals surface area contributed by atoms with Crippen LogP contribution in [0.4, 0.5) is 0 Å². The number of carbonyl (C=O) groups excluding carboxylic acids is 2. The zero-order chi connectivity index (χ0) is 23.0. The molecule has 3 saturated heterocycles. The van der Waals surface area contributed by atoms with Crippen molar-refractivity contribution < 1.29 is 19.4 Å². The molecule has 1 aromatic carbocycles. The van der Waals surface area contributed by atoms with Crippen LogP contribution in [0, 0.1) is 0 Å². The van der Waals surface area contributed by atoms with E-state index in [4.69, 9.17) is 27.9 Å². The molecule has 4 rings (SSSR count). The number of fused-ring (bicyclic) bond motifs is 1. The van der Waals surface area contributed by atoms with Crippen molar-refractivity contribution in [1.82, 2.24) is 14.7 Å². The summed E-state index contributed by atoms with van der Waals surface area (Å²) in [7, 11) is 0. The van der Waals surface area contributed by atoms with Crippen LogP contribution in [0.15, 0.2) is 18.2 Å². The van der Waals surface area contributed by atoms with Gasteiger partial charge in [-0.3, -0.25) is 14.5 Å². The quantitative estimate of drug-likeness (QED) is 0.710. The fraction of sp³-hybridized carbons (Fsp3) is 0.652. The highest BCUT2D eigenvalue weighted by atomic mass is 35.5. The van der Waals surface area contributed by atoms with Gasteiger partial charge in [0.05, 0.1) is 47.8 Å². The fourth-order valence-electron chi connectivity index (χ4n) is 5.20. The molecule has 3 heterocycles. The van der Waals surface area contributed by atoms with Crippen molar-refractivity contribution in [3.8, 4) is 0 Å². The average Bonchev–Trinajstić information content (AvgIpc) is 3.28. The Bertz CT molecular complexity index is 869. The number of piperazine rings is 1. The molecule has 176 valence electrons. The molecule has 7 nitrogen and oxygen atoms in total. The molecule has 3 fully saturated rings. The molecule has 0 unspecified atom stereocenters. The maximum absolute atomic E-state index is 13.5. The third-order valence-corrected chi connectivity index (χ3v) is 7.50. The number of aliphatic hydroxyl groups is 1. The van der Waals surface area contributed by atoms with Crippen LogP contribution in [0.2, 0.25) is 10.0 Å². The van der Waals surface area contributed by atoms with Crippen molar-refractivity contribution in [3.05, 3.63) is 33.8 Å².